The van der Waals surface area contributed by atoms with E-state index >= 15 is 0 Å². The summed E-state index contributed by atoms with van der Waals surface area (Å²) in [6, 6.07) is 19.3. The zero-order valence-electron chi connectivity index (χ0n) is 21.4. The lowest BCUT2D eigenvalue weighted by atomic mass is 10.1. The van der Waals surface area contributed by atoms with E-state index in [9.17, 15) is 4.79 Å². The van der Waals surface area contributed by atoms with Crippen LogP contribution in [0.3, 0.4) is 0 Å². The first kappa shape index (κ1) is 25.2. The zero-order chi connectivity index (χ0) is 27.0. The summed E-state index contributed by atoms with van der Waals surface area (Å²) < 4.78 is 29.9. The van der Waals surface area contributed by atoms with E-state index in [0.29, 0.717) is 12.1 Å². The Balaban J connectivity index is 1.18. The third-order valence-electron chi connectivity index (χ3n) is 6.32. The van der Waals surface area contributed by atoms with Gasteiger partial charge >= 0.3 is 0 Å². The molecule has 2 saturated heterocycles. The summed E-state index contributed by atoms with van der Waals surface area (Å²) in [6.45, 7) is 4.13. The molecular formula is C27H28N6O6. The van der Waals surface area contributed by atoms with E-state index in [2.05, 4.69) is 25.3 Å². The number of nitrogens with two attached hydrogens (primary N) is 1. The molecule has 12 nitrogen and oxygen atoms in total. The Labute approximate surface area is 223 Å². The number of nitrogens with zero attached hydrogens (tertiary/aromatic N) is 3. The van der Waals surface area contributed by atoms with Crippen molar-refractivity contribution in [2.75, 3.05) is 11.1 Å². The average Bonchev–Trinajstić information content (AvgIpc) is 3.57. The van der Waals surface area contributed by atoms with Gasteiger partial charge in [-0.05, 0) is 25.0 Å². The number of amides is 1. The van der Waals surface area contributed by atoms with E-state index < -0.39 is 36.3 Å². The number of fused-ring (bicyclic) bond motifs is 2. The van der Waals surface area contributed by atoms with Crippen LogP contribution in [-0.4, -0.2) is 56.2 Å². The van der Waals surface area contributed by atoms with Crippen LogP contribution in [0.4, 0.5) is 11.9 Å². The number of nitrogens with one attached hydrogen (secondary N) is 2. The number of nitrogen functional groups attached to an aromatic ring is 1. The summed E-state index contributed by atoms with van der Waals surface area (Å²) in [6.07, 6.45) is -3.06. The molecule has 0 radical (unpaired) electrons. The van der Waals surface area contributed by atoms with Crippen molar-refractivity contribution in [2.45, 2.75) is 57.5 Å². The lowest BCUT2D eigenvalue weighted by Gasteiger charge is -2.23. The number of imidazole rings is 1. The lowest BCUT2D eigenvalue weighted by molar-refractivity contribution is -0.234. The molecule has 4 atom stereocenters. The molecule has 4 N–H and O–H groups in total. The monoisotopic (exact) mass is 532 g/mol. The average molecular weight is 533 g/mol. The topological polar surface area (TPSA) is 156 Å². The smallest absolute Gasteiger partial charge is 0.258 e. The largest absolute Gasteiger partial charge is 0.471 e. The fourth-order valence-electron chi connectivity index (χ4n) is 4.62. The molecule has 2 aliphatic rings. The normalized spacial score (nSPS) is 23.5. The summed E-state index contributed by atoms with van der Waals surface area (Å²) in [5.74, 6) is -1.04. The fraction of sp³-hybridized carbons (Fsp3) is 0.333. The van der Waals surface area contributed by atoms with E-state index in [1.807, 2.05) is 60.7 Å². The summed E-state index contributed by atoms with van der Waals surface area (Å²) in [5.41, 5.74) is 8.43. The summed E-state index contributed by atoms with van der Waals surface area (Å²) >= 11 is 0. The number of rotatable bonds is 8. The Morgan fingerprint density at radius 2 is 1.64 bits per heavy atom. The number of benzene rings is 2. The van der Waals surface area contributed by atoms with Gasteiger partial charge in [0.2, 0.25) is 17.8 Å². The Hall–Kier alpha value is -4.10. The molecule has 2 aromatic heterocycles. The molecule has 2 aliphatic heterocycles. The van der Waals surface area contributed by atoms with Crippen molar-refractivity contribution >= 4 is 29.0 Å². The molecule has 39 heavy (non-hydrogen) atoms. The van der Waals surface area contributed by atoms with Gasteiger partial charge in [-0.1, -0.05) is 60.7 Å². The van der Waals surface area contributed by atoms with Crippen molar-refractivity contribution in [2.24, 2.45) is 0 Å². The van der Waals surface area contributed by atoms with E-state index in [1.165, 1.54) is 0 Å². The molecule has 202 valence electrons. The molecule has 1 amide bonds. The Kier molecular flexibility index (Phi) is 6.61. The van der Waals surface area contributed by atoms with Crippen LogP contribution in [0.2, 0.25) is 0 Å². The van der Waals surface area contributed by atoms with Crippen molar-refractivity contribution < 1.29 is 28.5 Å². The van der Waals surface area contributed by atoms with Crippen molar-refractivity contribution in [1.29, 1.82) is 0 Å². The SMILES string of the molecule is CC1(C)O[C@@H]2[C@@H](O1)[C@H](OCc1ccccc1)O[C@@H]2C(=O)Nc1nc2nc(N)nc(OCc3ccccc3)c2[nH]1. The van der Waals surface area contributed by atoms with Crippen LogP contribution in [0.5, 0.6) is 5.88 Å². The number of hydrogen-bond donors (Lipinski definition) is 3. The second-order valence-corrected chi connectivity index (χ2v) is 9.72. The predicted molar refractivity (Wildman–Crippen MR) is 139 cm³/mol. The minimum absolute atomic E-state index is 0.00551. The third-order valence-corrected chi connectivity index (χ3v) is 6.32. The van der Waals surface area contributed by atoms with Crippen molar-refractivity contribution in [3.63, 3.8) is 0 Å². The molecule has 0 unspecified atom stereocenters. The van der Waals surface area contributed by atoms with Gasteiger partial charge in [0.25, 0.3) is 5.91 Å². The third kappa shape index (κ3) is 5.40. The second kappa shape index (κ2) is 10.2. The van der Waals surface area contributed by atoms with Gasteiger partial charge in [0.1, 0.15) is 24.3 Å². The number of hydrogen-bond acceptors (Lipinski definition) is 10. The summed E-state index contributed by atoms with van der Waals surface area (Å²) in [5, 5.41) is 2.74. The molecule has 4 aromatic rings. The fourth-order valence-corrected chi connectivity index (χ4v) is 4.62. The Bertz CT molecular complexity index is 1460. The maximum atomic E-state index is 13.3. The van der Waals surface area contributed by atoms with Crippen molar-refractivity contribution in [3.05, 3.63) is 71.8 Å². The Morgan fingerprint density at radius 1 is 0.974 bits per heavy atom. The van der Waals surface area contributed by atoms with Crippen LogP contribution in [0.15, 0.2) is 60.7 Å². The van der Waals surface area contributed by atoms with Crippen LogP contribution in [0.1, 0.15) is 25.0 Å². The van der Waals surface area contributed by atoms with Crippen LogP contribution in [0.25, 0.3) is 11.2 Å². The van der Waals surface area contributed by atoms with Gasteiger partial charge in [-0.2, -0.15) is 15.0 Å². The number of ether oxygens (including phenoxy) is 5. The number of anilines is 2. The van der Waals surface area contributed by atoms with Gasteiger partial charge in [-0.25, -0.2) is 0 Å². The van der Waals surface area contributed by atoms with E-state index in [-0.39, 0.29) is 30.0 Å². The lowest BCUT2D eigenvalue weighted by Crippen LogP contribution is -2.39. The molecule has 0 spiro atoms. The number of H-pyrrole nitrogens is 1. The molecule has 2 fully saturated rings. The zero-order valence-corrected chi connectivity index (χ0v) is 21.4. The van der Waals surface area contributed by atoms with Gasteiger partial charge in [-0.3, -0.25) is 10.1 Å². The maximum absolute atomic E-state index is 13.3. The minimum Gasteiger partial charge on any atom is -0.471 e. The van der Waals surface area contributed by atoms with Crippen LogP contribution >= 0.6 is 0 Å². The van der Waals surface area contributed by atoms with Gasteiger partial charge in [0.15, 0.2) is 23.8 Å². The molecular weight excluding hydrogens is 504 g/mol. The number of carbonyl (C=O) groups excluding carboxylic acids is 1. The second-order valence-electron chi connectivity index (χ2n) is 9.72. The highest BCUT2D eigenvalue weighted by molar-refractivity contribution is 5.95. The van der Waals surface area contributed by atoms with Gasteiger partial charge in [0, 0.05) is 0 Å². The molecule has 0 aliphatic carbocycles. The van der Waals surface area contributed by atoms with Crippen molar-refractivity contribution in [3.8, 4) is 5.88 Å². The highest BCUT2D eigenvalue weighted by atomic mass is 16.8. The summed E-state index contributed by atoms with van der Waals surface area (Å²) in [4.78, 5) is 29.0. The first-order chi connectivity index (χ1) is 18.8. The number of carbonyl (C=O) groups is 1. The first-order valence-corrected chi connectivity index (χ1v) is 12.5. The standard InChI is InChI=1S/C27H28N6O6/c1-27(2)38-18-19(37-24(20(18)39-27)36-14-16-11-7-4-8-12-16)22(34)32-26-29-17-21(31-26)30-25(28)33-23(17)35-13-15-9-5-3-6-10-15/h3-12,18-20,24H,13-14H2,1-2H3,(H4,28,29,30,31,32,33,34)/t18-,19-,20+,24+/m0/s1. The molecule has 0 saturated carbocycles. The van der Waals surface area contributed by atoms with Crippen LogP contribution in [0, 0.1) is 0 Å². The predicted octanol–water partition coefficient (Wildman–Crippen LogP) is 2.91. The van der Waals surface area contributed by atoms with Gasteiger partial charge < -0.3 is 34.4 Å². The van der Waals surface area contributed by atoms with E-state index in [0.717, 1.165) is 11.1 Å². The quantitative estimate of drug-likeness (QED) is 0.308. The van der Waals surface area contributed by atoms with Gasteiger partial charge in [0.05, 0.1) is 6.61 Å². The van der Waals surface area contributed by atoms with Crippen molar-refractivity contribution in [1.82, 2.24) is 19.9 Å². The van der Waals surface area contributed by atoms with Crippen LogP contribution < -0.4 is 15.8 Å². The molecule has 6 rings (SSSR count). The first-order valence-electron chi connectivity index (χ1n) is 12.5. The minimum atomic E-state index is -1.00. The maximum Gasteiger partial charge on any atom is 0.258 e. The highest BCUT2D eigenvalue weighted by Gasteiger charge is 2.58. The molecule has 0 bridgehead atoms. The molecule has 12 heteroatoms. The molecule has 2 aromatic carbocycles. The molecule has 4 heterocycles. The Morgan fingerprint density at radius 3 is 2.36 bits per heavy atom. The van der Waals surface area contributed by atoms with Crippen LogP contribution in [-0.2, 0) is 37.0 Å². The number of aromatic nitrogens is 4. The summed E-state index contributed by atoms with van der Waals surface area (Å²) in [7, 11) is 0. The van der Waals surface area contributed by atoms with E-state index in [4.69, 9.17) is 29.4 Å². The van der Waals surface area contributed by atoms with Gasteiger partial charge in [-0.15, -0.1) is 0 Å². The van der Waals surface area contributed by atoms with E-state index in [1.54, 1.807) is 13.8 Å². The number of aromatic amines is 1. The highest BCUT2D eigenvalue weighted by Crippen LogP contribution is 2.39.